The Morgan fingerprint density at radius 1 is 1.04 bits per heavy atom. The average molecular weight is 332 g/mol. The van der Waals surface area contributed by atoms with Gasteiger partial charge in [-0.1, -0.05) is 12.1 Å². The Kier molecular flexibility index (Phi) is 6.57. The van der Waals surface area contributed by atoms with Crippen LogP contribution in [0.3, 0.4) is 0 Å². The zero-order valence-electron chi connectivity index (χ0n) is 13.8. The third-order valence-corrected chi connectivity index (χ3v) is 3.44. The molecule has 128 valence electrons. The number of halogens is 1. The maximum atomic E-state index is 12.8. The van der Waals surface area contributed by atoms with Gasteiger partial charge in [-0.25, -0.2) is 4.39 Å². The molecule has 0 bridgehead atoms. The predicted octanol–water partition coefficient (Wildman–Crippen LogP) is 2.96. The third-order valence-electron chi connectivity index (χ3n) is 3.44. The molecule has 0 aliphatic heterocycles. The number of carbonyl (C=O) groups excluding carboxylic acids is 1. The minimum atomic E-state index is -0.256. The highest BCUT2D eigenvalue weighted by Crippen LogP contribution is 2.29. The standard InChI is InChI=1S/C18H21FN2O3/c1-23-16-8-7-15(11-17(16)24-2)21-18(22)9-10-20-12-13-3-5-14(19)6-4-13/h3-8,11,20H,9-10,12H2,1-2H3,(H,21,22). The normalized spacial score (nSPS) is 10.3. The van der Waals surface area contributed by atoms with E-state index in [9.17, 15) is 9.18 Å². The van der Waals surface area contributed by atoms with E-state index >= 15 is 0 Å². The van der Waals surface area contributed by atoms with E-state index in [4.69, 9.17) is 9.47 Å². The van der Waals surface area contributed by atoms with Gasteiger partial charge in [0.15, 0.2) is 11.5 Å². The fraction of sp³-hybridized carbons (Fsp3) is 0.278. The van der Waals surface area contributed by atoms with Gasteiger partial charge < -0.3 is 20.1 Å². The number of carbonyl (C=O) groups is 1. The molecule has 0 spiro atoms. The average Bonchev–Trinajstić information content (AvgIpc) is 2.60. The lowest BCUT2D eigenvalue weighted by molar-refractivity contribution is -0.116. The molecule has 2 aromatic carbocycles. The Hall–Kier alpha value is -2.60. The largest absolute Gasteiger partial charge is 0.493 e. The van der Waals surface area contributed by atoms with Gasteiger partial charge in [-0.05, 0) is 29.8 Å². The number of anilines is 1. The number of amides is 1. The second-order valence-corrected chi connectivity index (χ2v) is 5.17. The minimum absolute atomic E-state index is 0.103. The maximum absolute atomic E-state index is 12.8. The van der Waals surface area contributed by atoms with Crippen molar-refractivity contribution in [1.82, 2.24) is 5.32 Å². The molecule has 5 nitrogen and oxygen atoms in total. The number of hydrogen-bond donors (Lipinski definition) is 2. The SMILES string of the molecule is COc1ccc(NC(=O)CCNCc2ccc(F)cc2)cc1OC. The fourth-order valence-corrected chi connectivity index (χ4v) is 2.17. The summed E-state index contributed by atoms with van der Waals surface area (Å²) in [5.74, 6) is 0.808. The summed E-state index contributed by atoms with van der Waals surface area (Å²) >= 11 is 0. The van der Waals surface area contributed by atoms with Crippen LogP contribution in [0.4, 0.5) is 10.1 Å². The molecule has 0 saturated carbocycles. The third kappa shape index (κ3) is 5.24. The Bertz CT molecular complexity index is 674. The molecular formula is C18H21FN2O3. The molecule has 6 heteroatoms. The van der Waals surface area contributed by atoms with Crippen LogP contribution in [0, 0.1) is 5.82 Å². The number of hydrogen-bond acceptors (Lipinski definition) is 4. The van der Waals surface area contributed by atoms with E-state index < -0.39 is 0 Å². The van der Waals surface area contributed by atoms with Gasteiger partial charge in [0.05, 0.1) is 14.2 Å². The van der Waals surface area contributed by atoms with E-state index in [0.29, 0.717) is 36.7 Å². The number of methoxy groups -OCH3 is 2. The van der Waals surface area contributed by atoms with E-state index in [1.165, 1.54) is 12.1 Å². The molecule has 0 aliphatic carbocycles. The van der Waals surface area contributed by atoms with Crippen molar-refractivity contribution < 1.29 is 18.7 Å². The Balaban J connectivity index is 1.76. The molecule has 0 unspecified atom stereocenters. The number of rotatable bonds is 8. The lowest BCUT2D eigenvalue weighted by Crippen LogP contribution is -2.21. The van der Waals surface area contributed by atoms with Crippen LogP contribution in [0.5, 0.6) is 11.5 Å². The van der Waals surface area contributed by atoms with Crippen molar-refractivity contribution in [3.05, 3.63) is 53.8 Å². The highest BCUT2D eigenvalue weighted by molar-refractivity contribution is 5.91. The molecule has 1 amide bonds. The van der Waals surface area contributed by atoms with Crippen molar-refractivity contribution in [3.8, 4) is 11.5 Å². The molecular weight excluding hydrogens is 311 g/mol. The summed E-state index contributed by atoms with van der Waals surface area (Å²) in [6, 6.07) is 11.5. The molecule has 2 N–H and O–H groups in total. The summed E-state index contributed by atoms with van der Waals surface area (Å²) in [6.07, 6.45) is 0.329. The van der Waals surface area contributed by atoms with Gasteiger partial charge in [0.2, 0.25) is 5.91 Å². The van der Waals surface area contributed by atoms with Crippen LogP contribution in [-0.4, -0.2) is 26.7 Å². The molecule has 24 heavy (non-hydrogen) atoms. The number of nitrogens with one attached hydrogen (secondary N) is 2. The lowest BCUT2D eigenvalue weighted by Gasteiger charge is -2.11. The van der Waals surface area contributed by atoms with Crippen LogP contribution < -0.4 is 20.1 Å². The van der Waals surface area contributed by atoms with Gasteiger partial charge in [0, 0.05) is 31.3 Å². The Morgan fingerprint density at radius 2 is 1.75 bits per heavy atom. The van der Waals surface area contributed by atoms with E-state index in [2.05, 4.69) is 10.6 Å². The zero-order chi connectivity index (χ0) is 17.4. The van der Waals surface area contributed by atoms with Gasteiger partial charge in [-0.15, -0.1) is 0 Å². The molecule has 0 aliphatic rings. The van der Waals surface area contributed by atoms with Crippen molar-refractivity contribution in [3.63, 3.8) is 0 Å². The fourth-order valence-electron chi connectivity index (χ4n) is 2.17. The van der Waals surface area contributed by atoms with Crippen LogP contribution in [0.1, 0.15) is 12.0 Å². The van der Waals surface area contributed by atoms with Gasteiger partial charge in [-0.2, -0.15) is 0 Å². The van der Waals surface area contributed by atoms with Gasteiger partial charge in [0.1, 0.15) is 5.82 Å². The summed E-state index contributed by atoms with van der Waals surface area (Å²) in [5.41, 5.74) is 1.62. The van der Waals surface area contributed by atoms with E-state index in [-0.39, 0.29) is 11.7 Å². The highest BCUT2D eigenvalue weighted by Gasteiger charge is 2.07. The molecule has 0 fully saturated rings. The summed E-state index contributed by atoms with van der Waals surface area (Å²) in [4.78, 5) is 11.9. The summed E-state index contributed by atoms with van der Waals surface area (Å²) in [7, 11) is 3.10. The van der Waals surface area contributed by atoms with Crippen molar-refractivity contribution in [2.45, 2.75) is 13.0 Å². The number of benzene rings is 2. The quantitative estimate of drug-likeness (QED) is 0.730. The first-order valence-electron chi connectivity index (χ1n) is 7.59. The van der Waals surface area contributed by atoms with Crippen LogP contribution in [0.15, 0.2) is 42.5 Å². The second kappa shape index (κ2) is 8.88. The van der Waals surface area contributed by atoms with Crippen LogP contribution >= 0.6 is 0 Å². The summed E-state index contributed by atoms with van der Waals surface area (Å²) in [6.45, 7) is 1.11. The molecule has 0 aromatic heterocycles. The van der Waals surface area contributed by atoms with Crippen LogP contribution in [-0.2, 0) is 11.3 Å². The predicted molar refractivity (Wildman–Crippen MR) is 90.9 cm³/mol. The van der Waals surface area contributed by atoms with E-state index in [1.807, 2.05) is 0 Å². The van der Waals surface area contributed by atoms with Crippen molar-refractivity contribution in [2.24, 2.45) is 0 Å². The molecule has 0 heterocycles. The topological polar surface area (TPSA) is 59.6 Å². The van der Waals surface area contributed by atoms with Crippen molar-refractivity contribution in [2.75, 3.05) is 26.1 Å². The minimum Gasteiger partial charge on any atom is -0.493 e. The Labute approximate surface area is 140 Å². The highest BCUT2D eigenvalue weighted by atomic mass is 19.1. The monoisotopic (exact) mass is 332 g/mol. The van der Waals surface area contributed by atoms with Crippen LogP contribution in [0.25, 0.3) is 0 Å². The Morgan fingerprint density at radius 3 is 2.42 bits per heavy atom. The van der Waals surface area contributed by atoms with Crippen LogP contribution in [0.2, 0.25) is 0 Å². The molecule has 2 rings (SSSR count). The lowest BCUT2D eigenvalue weighted by atomic mass is 10.2. The smallest absolute Gasteiger partial charge is 0.225 e. The van der Waals surface area contributed by atoms with Crippen molar-refractivity contribution in [1.29, 1.82) is 0 Å². The molecule has 0 radical (unpaired) electrons. The van der Waals surface area contributed by atoms with Gasteiger partial charge in [-0.3, -0.25) is 4.79 Å². The van der Waals surface area contributed by atoms with E-state index in [0.717, 1.165) is 5.56 Å². The maximum Gasteiger partial charge on any atom is 0.225 e. The first-order chi connectivity index (χ1) is 11.6. The molecule has 0 atom stereocenters. The van der Waals surface area contributed by atoms with Crippen molar-refractivity contribution >= 4 is 11.6 Å². The number of ether oxygens (including phenoxy) is 2. The van der Waals surface area contributed by atoms with Gasteiger partial charge in [0.25, 0.3) is 0 Å². The zero-order valence-corrected chi connectivity index (χ0v) is 13.8. The summed E-state index contributed by atoms with van der Waals surface area (Å²) in [5, 5.41) is 5.96. The second-order valence-electron chi connectivity index (χ2n) is 5.17. The first kappa shape index (κ1) is 17.7. The molecule has 0 saturated heterocycles. The first-order valence-corrected chi connectivity index (χ1v) is 7.59. The summed E-state index contributed by atoms with van der Waals surface area (Å²) < 4.78 is 23.2. The van der Waals surface area contributed by atoms with E-state index in [1.54, 1.807) is 44.6 Å². The van der Waals surface area contributed by atoms with Gasteiger partial charge >= 0.3 is 0 Å². The molecule has 2 aromatic rings.